The number of fused-ring (bicyclic) bond motifs is 2. The third-order valence-corrected chi connectivity index (χ3v) is 6.69. The van der Waals surface area contributed by atoms with E-state index in [0.29, 0.717) is 24.5 Å². The standard InChI is InChI=1S/C25H23NO6S/c1-29-20-9-5-3-7-18(20)25(24-14-16-6-2-4-8-19(16)31-24)22-12-13-30-23-15-17(33(26,27)28)10-11-21(23)32-22/h2-11,14-15,22,25H,12-13H2,1H3,(H2,26,27,28)/t22?,25-/m1/s1. The van der Waals surface area contributed by atoms with Crippen molar-refractivity contribution in [2.24, 2.45) is 5.14 Å². The normalized spacial score (nSPS) is 16.8. The second kappa shape index (κ2) is 8.46. The van der Waals surface area contributed by atoms with Gasteiger partial charge in [0.25, 0.3) is 0 Å². The lowest BCUT2D eigenvalue weighted by molar-refractivity contribution is 0.163. The molecule has 3 aromatic carbocycles. The van der Waals surface area contributed by atoms with Crippen molar-refractivity contribution < 1.29 is 27.0 Å². The molecule has 1 aliphatic heterocycles. The molecule has 0 fully saturated rings. The Morgan fingerprint density at radius 2 is 1.79 bits per heavy atom. The number of hydrogen-bond acceptors (Lipinski definition) is 6. The monoisotopic (exact) mass is 465 g/mol. The summed E-state index contributed by atoms with van der Waals surface area (Å²) in [5.41, 5.74) is 1.71. The molecule has 8 heteroatoms. The minimum absolute atomic E-state index is 0.0261. The summed E-state index contributed by atoms with van der Waals surface area (Å²) in [4.78, 5) is -0.0261. The van der Waals surface area contributed by atoms with Gasteiger partial charge in [0.05, 0.1) is 24.5 Å². The van der Waals surface area contributed by atoms with E-state index in [0.717, 1.165) is 28.0 Å². The molecule has 1 unspecified atom stereocenters. The highest BCUT2D eigenvalue weighted by molar-refractivity contribution is 7.89. The van der Waals surface area contributed by atoms with Crippen LogP contribution >= 0.6 is 0 Å². The number of primary sulfonamides is 1. The highest BCUT2D eigenvalue weighted by Gasteiger charge is 2.34. The molecular formula is C25H23NO6S. The van der Waals surface area contributed by atoms with Crippen LogP contribution in [0.2, 0.25) is 0 Å². The zero-order valence-corrected chi connectivity index (χ0v) is 18.7. The van der Waals surface area contributed by atoms with Crippen molar-refractivity contribution in [1.82, 2.24) is 0 Å². The van der Waals surface area contributed by atoms with Crippen molar-refractivity contribution >= 4 is 21.0 Å². The van der Waals surface area contributed by atoms with Crippen LogP contribution in [0.4, 0.5) is 0 Å². The molecule has 0 spiro atoms. The van der Waals surface area contributed by atoms with Crippen LogP contribution in [-0.4, -0.2) is 28.2 Å². The van der Waals surface area contributed by atoms with Gasteiger partial charge >= 0.3 is 0 Å². The minimum Gasteiger partial charge on any atom is -0.496 e. The Balaban J connectivity index is 1.61. The third kappa shape index (κ3) is 4.15. The Bertz CT molecular complexity index is 1380. The Kier molecular flexibility index (Phi) is 5.47. The van der Waals surface area contributed by atoms with Gasteiger partial charge in [-0.05, 0) is 30.3 Å². The van der Waals surface area contributed by atoms with Gasteiger partial charge in [-0.25, -0.2) is 13.6 Å². The summed E-state index contributed by atoms with van der Waals surface area (Å²) in [5.74, 6) is 1.96. The maximum atomic E-state index is 11.8. The van der Waals surface area contributed by atoms with E-state index in [-0.39, 0.29) is 16.9 Å². The minimum atomic E-state index is -3.85. The van der Waals surface area contributed by atoms with E-state index in [9.17, 15) is 8.42 Å². The van der Waals surface area contributed by atoms with E-state index < -0.39 is 10.0 Å². The fourth-order valence-electron chi connectivity index (χ4n) is 4.23. The molecule has 2 heterocycles. The summed E-state index contributed by atoms with van der Waals surface area (Å²) in [5, 5.41) is 6.27. The molecule has 0 bridgehead atoms. The molecule has 0 radical (unpaired) electrons. The second-order valence-corrected chi connectivity index (χ2v) is 9.41. The number of sulfonamides is 1. The Hall–Kier alpha value is -3.49. The molecule has 2 atom stereocenters. The predicted octanol–water partition coefficient (Wildman–Crippen LogP) is 4.45. The number of furan rings is 1. The van der Waals surface area contributed by atoms with Crippen molar-refractivity contribution in [2.45, 2.75) is 23.3 Å². The SMILES string of the molecule is COc1ccccc1[C@@H](c1cc2ccccc2o1)C1CCOc2cc(S(N)(=O)=O)ccc2O1. The Morgan fingerprint density at radius 3 is 2.58 bits per heavy atom. The fourth-order valence-corrected chi connectivity index (χ4v) is 4.76. The maximum absolute atomic E-state index is 11.8. The molecule has 0 amide bonds. The highest BCUT2D eigenvalue weighted by Crippen LogP contribution is 2.42. The van der Waals surface area contributed by atoms with Crippen LogP contribution in [0.3, 0.4) is 0 Å². The number of hydrogen-bond donors (Lipinski definition) is 1. The van der Waals surface area contributed by atoms with Crippen molar-refractivity contribution in [3.8, 4) is 17.2 Å². The van der Waals surface area contributed by atoms with Crippen molar-refractivity contribution in [2.75, 3.05) is 13.7 Å². The molecule has 7 nitrogen and oxygen atoms in total. The van der Waals surface area contributed by atoms with Gasteiger partial charge in [0.15, 0.2) is 11.5 Å². The fraction of sp³-hybridized carbons (Fsp3) is 0.200. The number of rotatable bonds is 5. The van der Waals surface area contributed by atoms with Gasteiger partial charge in [0.2, 0.25) is 10.0 Å². The van der Waals surface area contributed by atoms with Crippen molar-refractivity contribution in [3.05, 3.63) is 84.1 Å². The summed E-state index contributed by atoms with van der Waals surface area (Å²) in [7, 11) is -2.22. The lowest BCUT2D eigenvalue weighted by Crippen LogP contribution is -2.27. The first-order valence-corrected chi connectivity index (χ1v) is 12.1. The Labute approximate surface area is 191 Å². The van der Waals surface area contributed by atoms with Crippen LogP contribution < -0.4 is 19.3 Å². The van der Waals surface area contributed by atoms with Crippen LogP contribution in [-0.2, 0) is 10.0 Å². The Morgan fingerprint density at radius 1 is 1.00 bits per heavy atom. The molecule has 2 N–H and O–H groups in total. The number of para-hydroxylation sites is 2. The van der Waals surface area contributed by atoms with Crippen LogP contribution in [0.25, 0.3) is 11.0 Å². The predicted molar refractivity (Wildman–Crippen MR) is 123 cm³/mol. The maximum Gasteiger partial charge on any atom is 0.238 e. The van der Waals surface area contributed by atoms with Gasteiger partial charge in [0, 0.05) is 23.4 Å². The largest absolute Gasteiger partial charge is 0.496 e. The molecular weight excluding hydrogens is 442 g/mol. The summed E-state index contributed by atoms with van der Waals surface area (Å²) in [6, 6.07) is 22.0. The molecule has 0 saturated carbocycles. The van der Waals surface area contributed by atoms with E-state index in [1.54, 1.807) is 13.2 Å². The first-order chi connectivity index (χ1) is 15.9. The summed E-state index contributed by atoms with van der Waals surface area (Å²) >= 11 is 0. The molecule has 170 valence electrons. The van der Waals surface area contributed by atoms with Crippen molar-refractivity contribution in [1.29, 1.82) is 0 Å². The number of methoxy groups -OCH3 is 1. The molecule has 33 heavy (non-hydrogen) atoms. The van der Waals surface area contributed by atoms with Gasteiger partial charge < -0.3 is 18.6 Å². The second-order valence-electron chi connectivity index (χ2n) is 7.85. The number of nitrogens with two attached hydrogens (primary N) is 1. The molecule has 1 aromatic heterocycles. The molecule has 0 aliphatic carbocycles. The topological polar surface area (TPSA) is 101 Å². The zero-order valence-electron chi connectivity index (χ0n) is 17.9. The summed E-state index contributed by atoms with van der Waals surface area (Å²) in [6.07, 6.45) is 0.183. The lowest BCUT2D eigenvalue weighted by atomic mass is 9.88. The number of ether oxygens (including phenoxy) is 3. The van der Waals surface area contributed by atoms with Crippen LogP contribution in [0.1, 0.15) is 23.7 Å². The van der Waals surface area contributed by atoms with Crippen molar-refractivity contribution in [3.63, 3.8) is 0 Å². The first-order valence-electron chi connectivity index (χ1n) is 10.5. The zero-order chi connectivity index (χ0) is 23.0. The van der Waals surface area contributed by atoms with E-state index in [4.69, 9.17) is 23.8 Å². The quantitative estimate of drug-likeness (QED) is 0.467. The summed E-state index contributed by atoms with van der Waals surface area (Å²) in [6.45, 7) is 0.331. The van der Waals surface area contributed by atoms with E-state index in [1.165, 1.54) is 12.1 Å². The van der Waals surface area contributed by atoms with Gasteiger partial charge in [0.1, 0.15) is 23.2 Å². The van der Waals surface area contributed by atoms with Crippen LogP contribution in [0.5, 0.6) is 17.2 Å². The van der Waals surface area contributed by atoms with Crippen LogP contribution in [0, 0.1) is 0 Å². The van der Waals surface area contributed by atoms with E-state index >= 15 is 0 Å². The molecule has 4 aromatic rings. The van der Waals surface area contributed by atoms with Gasteiger partial charge in [-0.2, -0.15) is 0 Å². The van der Waals surface area contributed by atoms with E-state index in [1.807, 2.05) is 54.6 Å². The van der Waals surface area contributed by atoms with Gasteiger partial charge in [-0.1, -0.05) is 36.4 Å². The highest BCUT2D eigenvalue weighted by atomic mass is 32.2. The van der Waals surface area contributed by atoms with Crippen LogP contribution in [0.15, 0.2) is 82.1 Å². The average Bonchev–Trinajstić information content (AvgIpc) is 3.11. The molecule has 5 rings (SSSR count). The van der Waals surface area contributed by atoms with E-state index in [2.05, 4.69) is 0 Å². The smallest absolute Gasteiger partial charge is 0.238 e. The van der Waals surface area contributed by atoms with Gasteiger partial charge in [-0.15, -0.1) is 0 Å². The molecule has 0 saturated heterocycles. The number of benzene rings is 3. The lowest BCUT2D eigenvalue weighted by Gasteiger charge is -2.26. The first kappa shape index (κ1) is 21.4. The van der Waals surface area contributed by atoms with Gasteiger partial charge in [-0.3, -0.25) is 0 Å². The molecule has 1 aliphatic rings. The third-order valence-electron chi connectivity index (χ3n) is 5.78. The average molecular weight is 466 g/mol. The summed E-state index contributed by atoms with van der Waals surface area (Å²) < 4.78 is 47.7.